The van der Waals surface area contributed by atoms with Gasteiger partial charge in [-0.15, -0.1) is 0 Å². The van der Waals surface area contributed by atoms with Crippen molar-refractivity contribution in [1.29, 1.82) is 0 Å². The number of carbonyl (C=O) groups excluding carboxylic acids is 1. The molecule has 1 aliphatic rings. The maximum Gasteiger partial charge on any atom is 0.323 e. The lowest BCUT2D eigenvalue weighted by Crippen LogP contribution is -2.38. The Morgan fingerprint density at radius 1 is 1.41 bits per heavy atom. The zero-order valence-corrected chi connectivity index (χ0v) is 9.37. The van der Waals surface area contributed by atoms with Crippen LogP contribution in [0, 0.1) is 0 Å². The number of hydrogen-bond acceptors (Lipinski definition) is 3. The van der Waals surface area contributed by atoms with Crippen LogP contribution in [0.15, 0.2) is 24.4 Å². The van der Waals surface area contributed by atoms with Crippen molar-refractivity contribution in [3.63, 3.8) is 0 Å². The third-order valence-corrected chi connectivity index (χ3v) is 2.67. The highest BCUT2D eigenvalue weighted by molar-refractivity contribution is 5.83. The van der Waals surface area contributed by atoms with Gasteiger partial charge in [0.25, 0.3) is 0 Å². The van der Waals surface area contributed by atoms with Crippen LogP contribution in [-0.2, 0) is 16.0 Å². The van der Waals surface area contributed by atoms with Crippen LogP contribution < -0.4 is 0 Å². The molecule has 0 bridgehead atoms. The fraction of sp³-hybridized carbons (Fsp3) is 0.417. The van der Waals surface area contributed by atoms with Gasteiger partial charge < -0.3 is 10.0 Å². The Morgan fingerprint density at radius 2 is 2.18 bits per heavy atom. The molecule has 1 heterocycles. The van der Waals surface area contributed by atoms with Crippen molar-refractivity contribution in [2.24, 2.45) is 0 Å². The number of aliphatic carboxylic acids is 1. The summed E-state index contributed by atoms with van der Waals surface area (Å²) in [5.74, 6) is -1.13. The molecule has 17 heavy (non-hydrogen) atoms. The molecule has 1 fully saturated rings. The second-order valence-corrected chi connectivity index (χ2v) is 4.14. The summed E-state index contributed by atoms with van der Waals surface area (Å²) in [4.78, 5) is 28.1. The predicted octanol–water partition coefficient (Wildman–Crippen LogP) is 0.700. The number of hydrogen-bond donors (Lipinski definition) is 1. The highest BCUT2D eigenvalue weighted by Gasteiger charge is 2.33. The summed E-state index contributed by atoms with van der Waals surface area (Å²) in [6.45, 7) is -0.212. The molecule has 1 N–H and O–H groups in total. The Kier molecular flexibility index (Phi) is 3.37. The summed E-state index contributed by atoms with van der Waals surface area (Å²) < 4.78 is 0. The van der Waals surface area contributed by atoms with Gasteiger partial charge in [-0.05, 0) is 25.0 Å². The molecule has 0 radical (unpaired) electrons. The van der Waals surface area contributed by atoms with E-state index in [-0.39, 0.29) is 24.9 Å². The van der Waals surface area contributed by atoms with Gasteiger partial charge in [-0.25, -0.2) is 0 Å². The first-order chi connectivity index (χ1) is 8.16. The fourth-order valence-corrected chi connectivity index (χ4v) is 1.71. The molecule has 1 saturated carbocycles. The molecule has 0 atom stereocenters. The van der Waals surface area contributed by atoms with Crippen LogP contribution in [0.5, 0.6) is 0 Å². The van der Waals surface area contributed by atoms with E-state index in [1.165, 1.54) is 4.90 Å². The Bertz CT molecular complexity index is 415. The number of carboxylic acid groups (broad SMARTS) is 1. The molecule has 1 amide bonds. The standard InChI is InChI=1S/C12H14N2O3/c15-11(7-9-3-1-2-6-13-9)14(8-12(16)17)10-4-5-10/h1-3,6,10H,4-5,7-8H2,(H,16,17). The monoisotopic (exact) mass is 234 g/mol. The van der Waals surface area contributed by atoms with Crippen LogP contribution in [0.2, 0.25) is 0 Å². The molecule has 0 aromatic carbocycles. The van der Waals surface area contributed by atoms with Gasteiger partial charge in [-0.3, -0.25) is 14.6 Å². The van der Waals surface area contributed by atoms with E-state index >= 15 is 0 Å². The van der Waals surface area contributed by atoms with Crippen molar-refractivity contribution in [2.45, 2.75) is 25.3 Å². The predicted molar refractivity (Wildman–Crippen MR) is 60.3 cm³/mol. The van der Waals surface area contributed by atoms with Gasteiger partial charge in [0.15, 0.2) is 0 Å². The van der Waals surface area contributed by atoms with E-state index in [0.717, 1.165) is 12.8 Å². The summed E-state index contributed by atoms with van der Waals surface area (Å²) in [5.41, 5.74) is 0.675. The number of pyridine rings is 1. The molecule has 1 aromatic rings. The van der Waals surface area contributed by atoms with Gasteiger partial charge in [-0.1, -0.05) is 6.07 Å². The average molecular weight is 234 g/mol. The zero-order chi connectivity index (χ0) is 12.3. The number of nitrogens with zero attached hydrogens (tertiary/aromatic N) is 2. The van der Waals surface area contributed by atoms with E-state index < -0.39 is 5.97 Å². The van der Waals surface area contributed by atoms with Crippen molar-refractivity contribution in [3.05, 3.63) is 30.1 Å². The first-order valence-corrected chi connectivity index (χ1v) is 5.58. The Hall–Kier alpha value is -1.91. The van der Waals surface area contributed by atoms with Crippen molar-refractivity contribution in [2.75, 3.05) is 6.54 Å². The first-order valence-electron chi connectivity index (χ1n) is 5.58. The largest absolute Gasteiger partial charge is 0.480 e. The van der Waals surface area contributed by atoms with Gasteiger partial charge in [0, 0.05) is 17.9 Å². The third-order valence-electron chi connectivity index (χ3n) is 2.67. The van der Waals surface area contributed by atoms with Gasteiger partial charge in [0.05, 0.1) is 6.42 Å². The van der Waals surface area contributed by atoms with E-state index in [2.05, 4.69) is 4.98 Å². The summed E-state index contributed by atoms with van der Waals surface area (Å²) in [6.07, 6.45) is 3.61. The fourth-order valence-electron chi connectivity index (χ4n) is 1.71. The van der Waals surface area contributed by atoms with E-state index in [4.69, 9.17) is 5.11 Å². The molecule has 5 nitrogen and oxygen atoms in total. The van der Waals surface area contributed by atoms with Crippen molar-refractivity contribution in [3.8, 4) is 0 Å². The third kappa shape index (κ3) is 3.27. The van der Waals surface area contributed by atoms with Crippen molar-refractivity contribution in [1.82, 2.24) is 9.88 Å². The van der Waals surface area contributed by atoms with Crippen molar-refractivity contribution < 1.29 is 14.7 Å². The molecule has 0 spiro atoms. The molecule has 5 heteroatoms. The summed E-state index contributed by atoms with van der Waals surface area (Å²) >= 11 is 0. The van der Waals surface area contributed by atoms with Gasteiger partial charge in [-0.2, -0.15) is 0 Å². The minimum atomic E-state index is -0.966. The smallest absolute Gasteiger partial charge is 0.323 e. The van der Waals surface area contributed by atoms with Gasteiger partial charge in [0.2, 0.25) is 5.91 Å². The normalized spacial score (nSPS) is 14.4. The molecule has 1 aliphatic carbocycles. The molecular weight excluding hydrogens is 220 g/mol. The molecule has 90 valence electrons. The minimum absolute atomic E-state index is 0.113. The lowest BCUT2D eigenvalue weighted by Gasteiger charge is -2.19. The minimum Gasteiger partial charge on any atom is -0.480 e. The second kappa shape index (κ2) is 4.95. The second-order valence-electron chi connectivity index (χ2n) is 4.14. The highest BCUT2D eigenvalue weighted by atomic mass is 16.4. The highest BCUT2D eigenvalue weighted by Crippen LogP contribution is 2.27. The molecule has 0 saturated heterocycles. The van der Waals surface area contributed by atoms with E-state index in [0.29, 0.717) is 5.69 Å². The van der Waals surface area contributed by atoms with E-state index in [1.807, 2.05) is 6.07 Å². The Labute approximate surface area is 99.1 Å². The average Bonchev–Trinajstić information content (AvgIpc) is 3.10. The van der Waals surface area contributed by atoms with Crippen LogP contribution >= 0.6 is 0 Å². The van der Waals surface area contributed by atoms with Gasteiger partial charge >= 0.3 is 5.97 Å². The van der Waals surface area contributed by atoms with Crippen LogP contribution in [0.1, 0.15) is 18.5 Å². The number of carbonyl (C=O) groups is 2. The SMILES string of the molecule is O=C(O)CN(C(=O)Cc1ccccn1)C1CC1. The van der Waals surface area contributed by atoms with E-state index in [1.54, 1.807) is 18.3 Å². The Morgan fingerprint density at radius 3 is 2.71 bits per heavy atom. The molecule has 2 rings (SSSR count). The van der Waals surface area contributed by atoms with Crippen LogP contribution in [0.3, 0.4) is 0 Å². The summed E-state index contributed by atoms with van der Waals surface area (Å²) in [7, 11) is 0. The van der Waals surface area contributed by atoms with Crippen LogP contribution in [0.4, 0.5) is 0 Å². The molecule has 1 aromatic heterocycles. The summed E-state index contributed by atoms with van der Waals surface area (Å²) in [5, 5.41) is 8.77. The maximum atomic E-state index is 12.0. The topological polar surface area (TPSA) is 70.5 Å². The zero-order valence-electron chi connectivity index (χ0n) is 9.37. The summed E-state index contributed by atoms with van der Waals surface area (Å²) in [6, 6.07) is 5.48. The first kappa shape index (κ1) is 11.6. The lowest BCUT2D eigenvalue weighted by molar-refractivity contribution is -0.144. The van der Waals surface area contributed by atoms with Gasteiger partial charge in [0.1, 0.15) is 6.54 Å². The maximum absolute atomic E-state index is 12.0. The number of rotatable bonds is 5. The molecule has 0 unspecified atom stereocenters. The Balaban J connectivity index is 1.99. The quantitative estimate of drug-likeness (QED) is 0.814. The molecular formula is C12H14N2O3. The van der Waals surface area contributed by atoms with E-state index in [9.17, 15) is 9.59 Å². The van der Waals surface area contributed by atoms with Crippen molar-refractivity contribution >= 4 is 11.9 Å². The van der Waals surface area contributed by atoms with Crippen LogP contribution in [0.25, 0.3) is 0 Å². The molecule has 0 aliphatic heterocycles. The lowest BCUT2D eigenvalue weighted by atomic mass is 10.2. The number of aromatic nitrogens is 1. The number of amides is 1. The van der Waals surface area contributed by atoms with Crippen LogP contribution in [-0.4, -0.2) is 39.5 Å². The number of carboxylic acids is 1.